The van der Waals surface area contributed by atoms with Gasteiger partial charge < -0.3 is 18.0 Å². The van der Waals surface area contributed by atoms with Crippen LogP contribution in [0.4, 0.5) is 0 Å². The molecule has 148 valence electrons. The monoisotopic (exact) mass is 380 g/mol. The molecule has 0 radical (unpaired) electrons. The van der Waals surface area contributed by atoms with Gasteiger partial charge in [-0.2, -0.15) is 0 Å². The molecular weight excluding hydrogens is 344 g/mol. The van der Waals surface area contributed by atoms with Crippen molar-refractivity contribution in [3.63, 3.8) is 0 Å². The summed E-state index contributed by atoms with van der Waals surface area (Å²) < 4.78 is 22.5. The summed E-state index contributed by atoms with van der Waals surface area (Å²) in [7, 11) is 2.54. The highest BCUT2D eigenvalue weighted by molar-refractivity contribution is 6.60. The lowest BCUT2D eigenvalue weighted by Crippen LogP contribution is -2.42. The lowest BCUT2D eigenvalue weighted by molar-refractivity contribution is 0.0225. The highest BCUT2D eigenvalue weighted by Gasteiger charge is 2.37. The maximum atomic E-state index is 6.10. The first-order valence-corrected chi connectivity index (χ1v) is 12.0. The molecule has 1 saturated carbocycles. The van der Waals surface area contributed by atoms with Crippen LogP contribution in [0.25, 0.3) is 0 Å². The molecule has 0 amide bonds. The largest absolute Gasteiger partial charge is 0.500 e. The standard InChI is InChI=1S/C21H36O4Si/c1-5-7-18-8-10-19(11-9-18)20-12-14-21(15-13-20)25-16-6-17-26(22-2,23-3)24-4/h8-11,20-21H,5-7,12-17H2,1-4H3. The molecule has 26 heavy (non-hydrogen) atoms. The van der Waals surface area contributed by atoms with E-state index in [4.69, 9.17) is 18.0 Å². The second kappa shape index (κ2) is 11.2. The van der Waals surface area contributed by atoms with Crippen LogP contribution in [0.1, 0.15) is 62.5 Å². The van der Waals surface area contributed by atoms with Gasteiger partial charge in [0.15, 0.2) is 0 Å². The number of hydrogen-bond donors (Lipinski definition) is 0. The van der Waals surface area contributed by atoms with Gasteiger partial charge in [0.2, 0.25) is 0 Å². The van der Waals surface area contributed by atoms with Crippen LogP contribution in [0.15, 0.2) is 24.3 Å². The van der Waals surface area contributed by atoms with E-state index in [1.807, 2.05) is 0 Å². The molecule has 0 atom stereocenters. The molecule has 1 aromatic carbocycles. The Balaban J connectivity index is 1.68. The average molecular weight is 381 g/mol. The molecule has 1 aliphatic carbocycles. The fourth-order valence-corrected chi connectivity index (χ4v) is 5.59. The molecule has 0 saturated heterocycles. The van der Waals surface area contributed by atoms with Crippen molar-refractivity contribution >= 4 is 8.80 Å². The van der Waals surface area contributed by atoms with Gasteiger partial charge in [-0.15, -0.1) is 0 Å². The maximum Gasteiger partial charge on any atom is 0.500 e. The van der Waals surface area contributed by atoms with Crippen molar-refractivity contribution in [1.29, 1.82) is 0 Å². The van der Waals surface area contributed by atoms with Crippen molar-refractivity contribution in [2.45, 2.75) is 69.9 Å². The molecule has 0 bridgehead atoms. The van der Waals surface area contributed by atoms with Gasteiger partial charge in [-0.3, -0.25) is 0 Å². The molecule has 0 spiro atoms. The van der Waals surface area contributed by atoms with Gasteiger partial charge in [0.25, 0.3) is 0 Å². The Morgan fingerprint density at radius 2 is 1.54 bits per heavy atom. The molecule has 4 nitrogen and oxygen atoms in total. The molecule has 0 unspecified atom stereocenters. The van der Waals surface area contributed by atoms with E-state index in [2.05, 4.69) is 31.2 Å². The van der Waals surface area contributed by atoms with E-state index in [1.54, 1.807) is 21.3 Å². The molecule has 1 fully saturated rings. The van der Waals surface area contributed by atoms with E-state index in [1.165, 1.54) is 36.8 Å². The Labute approximate surface area is 160 Å². The lowest BCUT2D eigenvalue weighted by atomic mass is 9.82. The molecular formula is C21H36O4Si. The van der Waals surface area contributed by atoms with Gasteiger partial charge in [0, 0.05) is 34.0 Å². The molecule has 5 heteroatoms. The predicted octanol–water partition coefficient (Wildman–Crippen LogP) is 4.95. The molecule has 1 aliphatic rings. The molecule has 0 N–H and O–H groups in total. The Morgan fingerprint density at radius 1 is 0.923 bits per heavy atom. The minimum absolute atomic E-state index is 0.398. The summed E-state index contributed by atoms with van der Waals surface area (Å²) >= 11 is 0. The van der Waals surface area contributed by atoms with E-state index in [9.17, 15) is 0 Å². The fraction of sp³-hybridized carbons (Fsp3) is 0.714. The van der Waals surface area contributed by atoms with Crippen molar-refractivity contribution in [3.8, 4) is 0 Å². The van der Waals surface area contributed by atoms with Crippen molar-refractivity contribution in [3.05, 3.63) is 35.4 Å². The smallest absolute Gasteiger partial charge is 0.378 e. The Morgan fingerprint density at radius 3 is 2.08 bits per heavy atom. The van der Waals surface area contributed by atoms with Crippen LogP contribution < -0.4 is 0 Å². The topological polar surface area (TPSA) is 36.9 Å². The van der Waals surface area contributed by atoms with Crippen LogP contribution in [0.2, 0.25) is 6.04 Å². The Kier molecular flexibility index (Phi) is 9.29. The molecule has 0 aliphatic heterocycles. The van der Waals surface area contributed by atoms with Gasteiger partial charge in [-0.05, 0) is 55.6 Å². The third-order valence-electron chi connectivity index (χ3n) is 5.58. The van der Waals surface area contributed by atoms with Crippen molar-refractivity contribution in [1.82, 2.24) is 0 Å². The van der Waals surface area contributed by atoms with Crippen molar-refractivity contribution in [2.75, 3.05) is 27.9 Å². The van der Waals surface area contributed by atoms with E-state index in [-0.39, 0.29) is 0 Å². The second-order valence-electron chi connectivity index (χ2n) is 7.23. The predicted molar refractivity (Wildman–Crippen MR) is 108 cm³/mol. The minimum atomic E-state index is -2.45. The summed E-state index contributed by atoms with van der Waals surface area (Å²) in [5.74, 6) is 0.695. The zero-order valence-electron chi connectivity index (χ0n) is 17.0. The van der Waals surface area contributed by atoms with Gasteiger partial charge >= 0.3 is 8.80 Å². The highest BCUT2D eigenvalue weighted by Crippen LogP contribution is 2.34. The van der Waals surface area contributed by atoms with Crippen LogP contribution in [-0.4, -0.2) is 42.8 Å². The maximum absolute atomic E-state index is 6.10. The van der Waals surface area contributed by atoms with E-state index in [0.29, 0.717) is 12.0 Å². The first-order valence-electron chi connectivity index (χ1n) is 10.0. The van der Waals surface area contributed by atoms with Crippen molar-refractivity contribution in [2.24, 2.45) is 0 Å². The first-order chi connectivity index (χ1) is 12.7. The van der Waals surface area contributed by atoms with Crippen LogP contribution in [-0.2, 0) is 24.4 Å². The number of aryl methyl sites for hydroxylation is 1. The number of ether oxygens (including phenoxy) is 1. The number of rotatable bonds is 11. The van der Waals surface area contributed by atoms with E-state index >= 15 is 0 Å². The minimum Gasteiger partial charge on any atom is -0.378 e. The Bertz CT molecular complexity index is 485. The zero-order valence-corrected chi connectivity index (χ0v) is 18.0. The highest BCUT2D eigenvalue weighted by atomic mass is 28.4. The van der Waals surface area contributed by atoms with Crippen LogP contribution >= 0.6 is 0 Å². The number of benzene rings is 1. The summed E-state index contributed by atoms with van der Waals surface area (Å²) in [6.07, 6.45) is 8.47. The molecule has 0 heterocycles. The average Bonchev–Trinajstić information content (AvgIpc) is 2.70. The normalized spacial score (nSPS) is 21.1. The summed E-state index contributed by atoms with van der Waals surface area (Å²) in [6.45, 7) is 2.99. The van der Waals surface area contributed by atoms with Crippen LogP contribution in [0.5, 0.6) is 0 Å². The molecule has 1 aromatic rings. The third kappa shape index (κ3) is 6.17. The quantitative estimate of drug-likeness (QED) is 0.402. The zero-order chi connectivity index (χ0) is 18.8. The summed E-state index contributed by atoms with van der Waals surface area (Å²) in [5, 5.41) is 0. The van der Waals surface area contributed by atoms with Gasteiger partial charge in [0.1, 0.15) is 0 Å². The first kappa shape index (κ1) is 21.6. The molecule has 0 aromatic heterocycles. The number of hydrogen-bond acceptors (Lipinski definition) is 4. The summed E-state index contributed by atoms with van der Waals surface area (Å²) in [4.78, 5) is 0. The summed E-state index contributed by atoms with van der Waals surface area (Å²) in [6, 6.07) is 10.1. The van der Waals surface area contributed by atoms with Crippen molar-refractivity contribution < 1.29 is 18.0 Å². The van der Waals surface area contributed by atoms with Gasteiger partial charge in [0.05, 0.1) is 6.10 Å². The van der Waals surface area contributed by atoms with Gasteiger partial charge in [-0.25, -0.2) is 0 Å². The second-order valence-corrected chi connectivity index (χ2v) is 10.3. The summed E-state index contributed by atoms with van der Waals surface area (Å²) in [5.41, 5.74) is 2.95. The van der Waals surface area contributed by atoms with E-state index in [0.717, 1.165) is 31.9 Å². The SMILES string of the molecule is CCCc1ccc(C2CCC(OCCC[Si](OC)(OC)OC)CC2)cc1. The lowest BCUT2D eigenvalue weighted by Gasteiger charge is -2.29. The van der Waals surface area contributed by atoms with Crippen LogP contribution in [0, 0.1) is 0 Å². The fourth-order valence-electron chi connectivity index (χ4n) is 3.90. The van der Waals surface area contributed by atoms with Crippen LogP contribution in [0.3, 0.4) is 0 Å². The third-order valence-corrected chi connectivity index (χ3v) is 8.41. The van der Waals surface area contributed by atoms with Gasteiger partial charge in [-0.1, -0.05) is 37.6 Å². The molecule has 2 rings (SSSR count). The van der Waals surface area contributed by atoms with E-state index < -0.39 is 8.80 Å². The Hall–Kier alpha value is -0.723.